The van der Waals surface area contributed by atoms with Crippen LogP contribution >= 0.6 is 0 Å². The summed E-state index contributed by atoms with van der Waals surface area (Å²) in [5.41, 5.74) is 4.39. The lowest BCUT2D eigenvalue weighted by molar-refractivity contribution is 0.0940. The lowest BCUT2D eigenvalue weighted by Gasteiger charge is -2.19. The van der Waals surface area contributed by atoms with Gasteiger partial charge in [0.1, 0.15) is 17.3 Å². The number of fused-ring (bicyclic) bond motifs is 1. The van der Waals surface area contributed by atoms with Crippen molar-refractivity contribution in [3.8, 4) is 11.3 Å². The molecule has 1 saturated carbocycles. The molecule has 7 heteroatoms. The van der Waals surface area contributed by atoms with E-state index >= 15 is 0 Å². The van der Waals surface area contributed by atoms with Crippen molar-refractivity contribution < 1.29 is 4.79 Å². The number of hydrogen-bond acceptors (Lipinski definition) is 5. The molecule has 3 heterocycles. The van der Waals surface area contributed by atoms with Crippen LogP contribution in [0.4, 0.5) is 5.82 Å². The first kappa shape index (κ1) is 16.0. The SMILES string of the molecule is O=C1NCCc2c(NCc3cc(-c4ccccc4)n[nH]3)nc(C3CC3)nc21. The third-order valence-electron chi connectivity index (χ3n) is 4.99. The molecular formula is C20H20N6O. The summed E-state index contributed by atoms with van der Waals surface area (Å²) in [5, 5.41) is 13.7. The van der Waals surface area contributed by atoms with E-state index < -0.39 is 0 Å². The van der Waals surface area contributed by atoms with Gasteiger partial charge in [-0.3, -0.25) is 9.89 Å². The highest BCUT2D eigenvalue weighted by Gasteiger charge is 2.31. The van der Waals surface area contributed by atoms with E-state index in [0.29, 0.717) is 24.7 Å². The van der Waals surface area contributed by atoms with E-state index in [1.807, 2.05) is 36.4 Å². The predicted octanol–water partition coefficient (Wildman–Crippen LogP) is 2.64. The standard InChI is InChI=1S/C20H20N6O/c27-20-17-15(8-9-21-20)19(24-18(23-17)13-6-7-13)22-11-14-10-16(26-25-14)12-4-2-1-3-5-12/h1-5,10,13H,6-9,11H2,(H,21,27)(H,25,26)(H,22,23,24). The summed E-state index contributed by atoms with van der Waals surface area (Å²) in [6.07, 6.45) is 2.94. The molecule has 0 saturated heterocycles. The van der Waals surface area contributed by atoms with Gasteiger partial charge in [-0.15, -0.1) is 0 Å². The molecule has 3 N–H and O–H groups in total. The van der Waals surface area contributed by atoms with Gasteiger partial charge in [-0.1, -0.05) is 30.3 Å². The summed E-state index contributed by atoms with van der Waals surface area (Å²) in [6.45, 7) is 1.18. The summed E-state index contributed by atoms with van der Waals surface area (Å²) in [7, 11) is 0. The number of benzene rings is 1. The monoisotopic (exact) mass is 360 g/mol. The molecule has 1 fully saturated rings. The fraction of sp³-hybridized carbons (Fsp3) is 0.300. The Morgan fingerprint density at radius 1 is 1.15 bits per heavy atom. The minimum atomic E-state index is -0.100. The van der Waals surface area contributed by atoms with Gasteiger partial charge in [0.05, 0.1) is 17.9 Å². The summed E-state index contributed by atoms with van der Waals surface area (Å²) < 4.78 is 0. The van der Waals surface area contributed by atoms with Crippen LogP contribution in [0.25, 0.3) is 11.3 Å². The number of amides is 1. The highest BCUT2D eigenvalue weighted by molar-refractivity contribution is 5.96. The van der Waals surface area contributed by atoms with E-state index in [2.05, 4.69) is 25.8 Å². The maximum atomic E-state index is 12.2. The molecule has 136 valence electrons. The maximum Gasteiger partial charge on any atom is 0.270 e. The minimum absolute atomic E-state index is 0.100. The van der Waals surface area contributed by atoms with Gasteiger partial charge in [0.2, 0.25) is 0 Å². The lowest BCUT2D eigenvalue weighted by Crippen LogP contribution is -2.34. The zero-order chi connectivity index (χ0) is 18.2. The second kappa shape index (κ2) is 6.50. The van der Waals surface area contributed by atoms with Crippen LogP contribution in [0.5, 0.6) is 0 Å². The van der Waals surface area contributed by atoms with Crippen molar-refractivity contribution in [3.63, 3.8) is 0 Å². The van der Waals surface area contributed by atoms with Crippen molar-refractivity contribution >= 4 is 11.7 Å². The van der Waals surface area contributed by atoms with Gasteiger partial charge < -0.3 is 10.6 Å². The van der Waals surface area contributed by atoms with E-state index in [-0.39, 0.29) is 5.91 Å². The Morgan fingerprint density at radius 2 is 2.00 bits per heavy atom. The highest BCUT2D eigenvalue weighted by atomic mass is 16.1. The van der Waals surface area contributed by atoms with Crippen molar-refractivity contribution in [3.05, 3.63) is 59.2 Å². The van der Waals surface area contributed by atoms with Crippen LogP contribution in [-0.4, -0.2) is 32.6 Å². The van der Waals surface area contributed by atoms with E-state index in [1.165, 1.54) is 0 Å². The average molecular weight is 360 g/mol. The molecule has 3 aromatic rings. The van der Waals surface area contributed by atoms with Crippen molar-refractivity contribution in [2.45, 2.75) is 31.7 Å². The van der Waals surface area contributed by atoms with Gasteiger partial charge >= 0.3 is 0 Å². The van der Waals surface area contributed by atoms with Crippen LogP contribution in [0.2, 0.25) is 0 Å². The molecule has 27 heavy (non-hydrogen) atoms. The normalized spacial score (nSPS) is 15.9. The number of aromatic amines is 1. The molecule has 1 amide bonds. The number of carbonyl (C=O) groups excluding carboxylic acids is 1. The largest absolute Gasteiger partial charge is 0.364 e. The predicted molar refractivity (Wildman–Crippen MR) is 101 cm³/mol. The zero-order valence-electron chi connectivity index (χ0n) is 14.8. The number of H-pyrrole nitrogens is 1. The molecule has 1 aliphatic carbocycles. The number of hydrogen-bond donors (Lipinski definition) is 3. The van der Waals surface area contributed by atoms with Crippen LogP contribution in [0.1, 0.15) is 46.3 Å². The Hall–Kier alpha value is -3.22. The van der Waals surface area contributed by atoms with E-state index in [0.717, 1.165) is 53.4 Å². The van der Waals surface area contributed by atoms with Crippen LogP contribution in [-0.2, 0) is 13.0 Å². The Balaban J connectivity index is 1.39. The number of nitrogens with one attached hydrogen (secondary N) is 3. The molecule has 5 rings (SSSR count). The smallest absolute Gasteiger partial charge is 0.270 e. The van der Waals surface area contributed by atoms with Crippen molar-refractivity contribution in [1.29, 1.82) is 0 Å². The topological polar surface area (TPSA) is 95.6 Å². The summed E-state index contributed by atoms with van der Waals surface area (Å²) >= 11 is 0. The van der Waals surface area contributed by atoms with Crippen LogP contribution in [0.15, 0.2) is 36.4 Å². The Kier molecular flexibility index (Phi) is 3.85. The van der Waals surface area contributed by atoms with Gasteiger partial charge in [0.15, 0.2) is 0 Å². The third kappa shape index (κ3) is 3.16. The van der Waals surface area contributed by atoms with Gasteiger partial charge in [-0.2, -0.15) is 5.10 Å². The highest BCUT2D eigenvalue weighted by Crippen LogP contribution is 2.39. The van der Waals surface area contributed by atoms with Crippen LogP contribution in [0.3, 0.4) is 0 Å². The Morgan fingerprint density at radius 3 is 2.81 bits per heavy atom. The molecule has 1 aromatic carbocycles. The van der Waals surface area contributed by atoms with Gasteiger partial charge in [-0.25, -0.2) is 9.97 Å². The third-order valence-corrected chi connectivity index (χ3v) is 4.99. The maximum absolute atomic E-state index is 12.2. The van der Waals surface area contributed by atoms with Crippen molar-refractivity contribution in [1.82, 2.24) is 25.5 Å². The zero-order valence-corrected chi connectivity index (χ0v) is 14.8. The minimum Gasteiger partial charge on any atom is -0.364 e. The molecule has 0 bridgehead atoms. The van der Waals surface area contributed by atoms with Gasteiger partial charge in [0.25, 0.3) is 5.91 Å². The first-order valence-corrected chi connectivity index (χ1v) is 9.30. The molecular weight excluding hydrogens is 340 g/mol. The lowest BCUT2D eigenvalue weighted by atomic mass is 10.1. The van der Waals surface area contributed by atoms with Crippen molar-refractivity contribution in [2.75, 3.05) is 11.9 Å². The van der Waals surface area contributed by atoms with Crippen LogP contribution < -0.4 is 10.6 Å². The van der Waals surface area contributed by atoms with E-state index in [9.17, 15) is 4.79 Å². The quantitative estimate of drug-likeness (QED) is 0.650. The Bertz CT molecular complexity index is 993. The first-order valence-electron chi connectivity index (χ1n) is 9.30. The van der Waals surface area contributed by atoms with Gasteiger partial charge in [0, 0.05) is 23.6 Å². The second-order valence-electron chi connectivity index (χ2n) is 7.04. The summed E-state index contributed by atoms with van der Waals surface area (Å²) in [6, 6.07) is 12.1. The number of nitrogens with zero attached hydrogens (tertiary/aromatic N) is 3. The average Bonchev–Trinajstić information content (AvgIpc) is 3.45. The number of carbonyl (C=O) groups is 1. The van der Waals surface area contributed by atoms with Gasteiger partial charge in [-0.05, 0) is 25.3 Å². The van der Waals surface area contributed by atoms with Crippen molar-refractivity contribution in [2.24, 2.45) is 0 Å². The summed E-state index contributed by atoms with van der Waals surface area (Å²) in [4.78, 5) is 21.5. The molecule has 0 radical (unpaired) electrons. The molecule has 0 spiro atoms. The van der Waals surface area contributed by atoms with E-state index in [1.54, 1.807) is 0 Å². The summed E-state index contributed by atoms with van der Waals surface area (Å²) in [5.74, 6) is 1.84. The fourth-order valence-corrected chi connectivity index (χ4v) is 3.37. The first-order chi connectivity index (χ1) is 13.3. The number of anilines is 1. The molecule has 0 unspecified atom stereocenters. The molecule has 2 aliphatic rings. The molecule has 1 aliphatic heterocycles. The van der Waals surface area contributed by atoms with Crippen LogP contribution in [0, 0.1) is 0 Å². The second-order valence-corrected chi connectivity index (χ2v) is 7.04. The molecule has 7 nitrogen and oxygen atoms in total. The van der Waals surface area contributed by atoms with E-state index in [4.69, 9.17) is 4.98 Å². The number of rotatable bonds is 5. The number of aromatic nitrogens is 4. The molecule has 0 atom stereocenters. The molecule has 2 aromatic heterocycles. The fourth-order valence-electron chi connectivity index (χ4n) is 3.37. The Labute approximate surface area is 156 Å².